The molecule has 0 saturated carbocycles. The van der Waals surface area contributed by atoms with Crippen molar-refractivity contribution in [2.75, 3.05) is 19.6 Å². The highest BCUT2D eigenvalue weighted by atomic mass is 16.4. The average Bonchev–Trinajstić information content (AvgIpc) is 3.32. The first-order valence-electron chi connectivity index (χ1n) is 14.0. The van der Waals surface area contributed by atoms with Crippen LogP contribution < -0.4 is 0 Å². The summed E-state index contributed by atoms with van der Waals surface area (Å²) in [5, 5.41) is 23.4. The Morgan fingerprint density at radius 3 is 2.50 bits per heavy atom. The Hall–Kier alpha value is -4.64. The van der Waals surface area contributed by atoms with Crippen LogP contribution in [0.2, 0.25) is 0 Å². The molecule has 0 aliphatic carbocycles. The number of carboxylic acid groups (broad SMARTS) is 1. The molecular weight excluding hydrogens is 538 g/mol. The minimum atomic E-state index is -1.23. The summed E-state index contributed by atoms with van der Waals surface area (Å²) in [7, 11) is 0. The van der Waals surface area contributed by atoms with E-state index in [2.05, 4.69) is 6.58 Å². The van der Waals surface area contributed by atoms with E-state index in [9.17, 15) is 29.4 Å². The van der Waals surface area contributed by atoms with Crippen LogP contribution in [0.4, 0.5) is 4.79 Å². The number of fused-ring (bicyclic) bond motifs is 2. The standard InChI is InChI=1S/C31H35N5O6/c1-4-13-32-17-25(20(3)37)24-8-6-7-22(29(24)32)16-33-18-27-35(28(39)19-34(14-5-2)36(27)31(41)42)26(30(33)40)15-21-9-11-23(38)12-10-21/h5-12,17,26-27,38H,2,4,13-16,18-19H2,1,3H3,(H,41,42). The number of aromatic hydroxyl groups is 1. The number of nitrogens with zero attached hydrogens (tertiary/aromatic N) is 5. The highest BCUT2D eigenvalue weighted by Gasteiger charge is 2.51. The molecule has 11 nitrogen and oxygen atoms in total. The number of amides is 3. The van der Waals surface area contributed by atoms with Gasteiger partial charge in [0.15, 0.2) is 5.78 Å². The zero-order valence-electron chi connectivity index (χ0n) is 23.8. The topological polar surface area (TPSA) is 127 Å². The van der Waals surface area contributed by atoms with Crippen LogP contribution in [0.25, 0.3) is 10.9 Å². The number of rotatable bonds is 9. The fourth-order valence-electron chi connectivity index (χ4n) is 6.15. The molecule has 0 bridgehead atoms. The van der Waals surface area contributed by atoms with Crippen molar-refractivity contribution in [1.82, 2.24) is 24.4 Å². The molecule has 2 aliphatic rings. The van der Waals surface area contributed by atoms with Gasteiger partial charge in [0.25, 0.3) is 0 Å². The van der Waals surface area contributed by atoms with Gasteiger partial charge < -0.3 is 24.6 Å². The molecule has 11 heteroatoms. The molecule has 220 valence electrons. The molecule has 2 N–H and O–H groups in total. The van der Waals surface area contributed by atoms with Crippen LogP contribution >= 0.6 is 0 Å². The Balaban J connectivity index is 1.58. The third-order valence-electron chi connectivity index (χ3n) is 7.92. The molecule has 2 saturated heterocycles. The molecule has 2 unspecified atom stereocenters. The number of phenolic OH excluding ortho intramolecular Hbond substituents is 1. The highest BCUT2D eigenvalue weighted by Crippen LogP contribution is 2.32. The second-order valence-electron chi connectivity index (χ2n) is 10.8. The maximum Gasteiger partial charge on any atom is 0.424 e. The van der Waals surface area contributed by atoms with Gasteiger partial charge >= 0.3 is 6.09 Å². The number of hydrogen-bond donors (Lipinski definition) is 2. The number of aromatic nitrogens is 1. The third kappa shape index (κ3) is 5.23. The summed E-state index contributed by atoms with van der Waals surface area (Å²) >= 11 is 0. The quantitative estimate of drug-likeness (QED) is 0.297. The van der Waals surface area contributed by atoms with Crippen LogP contribution in [0.15, 0.2) is 61.3 Å². The minimum absolute atomic E-state index is 0.0268. The zero-order chi connectivity index (χ0) is 30.1. The number of benzene rings is 2. The summed E-state index contributed by atoms with van der Waals surface area (Å²) in [6.07, 6.45) is 2.20. The van der Waals surface area contributed by atoms with Gasteiger partial charge in [0.2, 0.25) is 11.8 Å². The predicted octanol–water partition coefficient (Wildman–Crippen LogP) is 3.46. The molecule has 2 atom stereocenters. The number of piperazine rings is 1. The summed E-state index contributed by atoms with van der Waals surface area (Å²) in [6.45, 7) is 8.06. The first kappa shape index (κ1) is 28.9. The smallest absolute Gasteiger partial charge is 0.424 e. The number of carbonyl (C=O) groups excluding carboxylic acids is 3. The Bertz CT molecular complexity index is 1550. The molecule has 42 heavy (non-hydrogen) atoms. The zero-order valence-corrected chi connectivity index (χ0v) is 23.8. The molecule has 3 amide bonds. The lowest BCUT2D eigenvalue weighted by Crippen LogP contribution is -2.75. The van der Waals surface area contributed by atoms with Crippen molar-refractivity contribution in [3.05, 3.63) is 78.0 Å². The number of para-hydroxylation sites is 1. The molecule has 3 heterocycles. The van der Waals surface area contributed by atoms with Gasteiger partial charge in [0, 0.05) is 43.2 Å². The molecule has 2 fully saturated rings. The van der Waals surface area contributed by atoms with Gasteiger partial charge in [0.05, 0.1) is 18.6 Å². The van der Waals surface area contributed by atoms with Gasteiger partial charge in [0.1, 0.15) is 18.0 Å². The second-order valence-corrected chi connectivity index (χ2v) is 10.8. The summed E-state index contributed by atoms with van der Waals surface area (Å²) < 4.78 is 2.04. The highest BCUT2D eigenvalue weighted by molar-refractivity contribution is 6.07. The molecule has 2 aliphatic heterocycles. The van der Waals surface area contributed by atoms with Crippen LogP contribution in [0.3, 0.4) is 0 Å². The van der Waals surface area contributed by atoms with Gasteiger partial charge in [-0.05, 0) is 36.6 Å². The maximum atomic E-state index is 14.2. The number of phenols is 1. The molecule has 1 aromatic heterocycles. The average molecular weight is 574 g/mol. The Morgan fingerprint density at radius 1 is 1.12 bits per heavy atom. The van der Waals surface area contributed by atoms with Crippen molar-refractivity contribution in [3.63, 3.8) is 0 Å². The number of carbonyl (C=O) groups is 4. The van der Waals surface area contributed by atoms with Gasteiger partial charge in [-0.25, -0.2) is 14.8 Å². The molecule has 0 spiro atoms. The van der Waals surface area contributed by atoms with E-state index in [1.807, 2.05) is 35.9 Å². The van der Waals surface area contributed by atoms with Gasteiger partial charge in [-0.2, -0.15) is 0 Å². The van der Waals surface area contributed by atoms with E-state index in [0.717, 1.165) is 33.5 Å². The maximum absolute atomic E-state index is 14.2. The predicted molar refractivity (Wildman–Crippen MR) is 156 cm³/mol. The Morgan fingerprint density at radius 2 is 1.86 bits per heavy atom. The minimum Gasteiger partial charge on any atom is -0.508 e. The lowest BCUT2D eigenvalue weighted by molar-refractivity contribution is -0.192. The van der Waals surface area contributed by atoms with Crippen molar-refractivity contribution >= 4 is 34.6 Å². The van der Waals surface area contributed by atoms with E-state index >= 15 is 0 Å². The number of hydrazine groups is 1. The van der Waals surface area contributed by atoms with Gasteiger partial charge in [-0.1, -0.05) is 43.3 Å². The van der Waals surface area contributed by atoms with Crippen LogP contribution in [-0.4, -0.2) is 90.1 Å². The number of aryl methyl sites for hydroxylation is 1. The van der Waals surface area contributed by atoms with Crippen molar-refractivity contribution in [1.29, 1.82) is 0 Å². The summed E-state index contributed by atoms with van der Waals surface area (Å²) in [6, 6.07) is 11.1. The molecule has 2 aromatic carbocycles. The summed E-state index contributed by atoms with van der Waals surface area (Å²) in [5.74, 6) is -0.619. The van der Waals surface area contributed by atoms with Gasteiger partial charge in [-0.15, -0.1) is 6.58 Å². The summed E-state index contributed by atoms with van der Waals surface area (Å²) in [5.41, 5.74) is 3.01. The number of Topliss-reactive ketones (excluding diaryl/α,β-unsaturated/α-hetero) is 1. The van der Waals surface area contributed by atoms with Crippen LogP contribution in [0, 0.1) is 0 Å². The van der Waals surface area contributed by atoms with Crippen molar-refractivity contribution in [2.45, 2.75) is 52.0 Å². The van der Waals surface area contributed by atoms with Crippen molar-refractivity contribution < 1.29 is 29.4 Å². The third-order valence-corrected chi connectivity index (χ3v) is 7.92. The van der Waals surface area contributed by atoms with Crippen molar-refractivity contribution in [3.8, 4) is 5.75 Å². The first-order chi connectivity index (χ1) is 20.1. The van der Waals surface area contributed by atoms with Gasteiger partial charge in [-0.3, -0.25) is 14.4 Å². The van der Waals surface area contributed by atoms with Crippen LogP contribution in [0.1, 0.15) is 41.8 Å². The largest absolute Gasteiger partial charge is 0.508 e. The monoisotopic (exact) mass is 573 g/mol. The lowest BCUT2D eigenvalue weighted by Gasteiger charge is -2.54. The SMILES string of the molecule is C=CCN1CC(=O)N2C(Cc3ccc(O)cc3)C(=O)N(Cc3cccc4c(C(C)=O)cn(CCC)c34)CC2N1C(=O)O. The van der Waals surface area contributed by atoms with E-state index in [1.165, 1.54) is 35.0 Å². The van der Waals surface area contributed by atoms with E-state index in [4.69, 9.17) is 0 Å². The Kier molecular flexibility index (Phi) is 8.04. The van der Waals surface area contributed by atoms with Crippen LogP contribution in [0.5, 0.6) is 5.75 Å². The number of hydrogen-bond acceptors (Lipinski definition) is 6. The second kappa shape index (κ2) is 11.7. The van der Waals surface area contributed by atoms with E-state index < -0.39 is 18.3 Å². The van der Waals surface area contributed by atoms with E-state index in [-0.39, 0.29) is 55.9 Å². The van der Waals surface area contributed by atoms with E-state index in [0.29, 0.717) is 12.1 Å². The van der Waals surface area contributed by atoms with E-state index in [1.54, 1.807) is 17.0 Å². The summed E-state index contributed by atoms with van der Waals surface area (Å²) in [4.78, 5) is 55.7. The fraction of sp³-hybridized carbons (Fsp3) is 0.355. The molecule has 0 radical (unpaired) electrons. The number of ketones is 1. The Labute approximate surface area is 243 Å². The normalized spacial score (nSPS) is 19.3. The molecule has 5 rings (SSSR count). The molecular formula is C31H35N5O6. The molecule has 3 aromatic rings. The fourth-order valence-corrected chi connectivity index (χ4v) is 6.15. The van der Waals surface area contributed by atoms with Crippen LogP contribution in [-0.2, 0) is 29.1 Å². The first-order valence-corrected chi connectivity index (χ1v) is 14.0. The lowest BCUT2D eigenvalue weighted by atomic mass is 9.98. The van der Waals surface area contributed by atoms with Crippen molar-refractivity contribution in [2.24, 2.45) is 0 Å².